The van der Waals surface area contributed by atoms with Crippen LogP contribution in [0.5, 0.6) is 0 Å². The van der Waals surface area contributed by atoms with Crippen LogP contribution < -0.4 is 0 Å². The SMILES string of the molecule is CCC(C)CCCCCCCCC(=O)OC[C@@H](COC(=O)CCCCCCCCCCCC(C)C)OC(=O)CCCCCCCCC(C)CC. The molecule has 0 saturated carbocycles. The molecule has 0 aromatic carbocycles. The zero-order valence-electron chi connectivity index (χ0n) is 34.2. The smallest absolute Gasteiger partial charge is 0.306 e. The molecule has 0 bridgehead atoms. The molecule has 0 radical (unpaired) electrons. The van der Waals surface area contributed by atoms with E-state index in [4.69, 9.17) is 14.2 Å². The number of ether oxygens (including phenoxy) is 3. The van der Waals surface area contributed by atoms with E-state index in [0.29, 0.717) is 19.3 Å². The van der Waals surface area contributed by atoms with E-state index in [1.807, 2.05) is 0 Å². The van der Waals surface area contributed by atoms with Crippen molar-refractivity contribution in [2.24, 2.45) is 17.8 Å². The molecule has 0 saturated heterocycles. The standard InChI is InChI=1S/C44H84O6/c1-7-39(5)31-25-19-14-16-22-28-34-43(46)49-37-41(50-44(47)35-29-23-17-15-20-26-32-40(6)8-2)36-48-42(45)33-27-21-13-11-9-10-12-18-24-30-38(3)4/h38-41H,7-37H2,1-6H3/t39?,40?,41-/m1/s1. The summed E-state index contributed by atoms with van der Waals surface area (Å²) in [4.78, 5) is 37.6. The summed E-state index contributed by atoms with van der Waals surface area (Å²) in [7, 11) is 0. The average Bonchev–Trinajstić information content (AvgIpc) is 3.09. The van der Waals surface area contributed by atoms with E-state index in [9.17, 15) is 14.4 Å². The summed E-state index contributed by atoms with van der Waals surface area (Å²) in [6.45, 7) is 13.6. The van der Waals surface area contributed by atoms with Crippen LogP contribution in [0, 0.1) is 17.8 Å². The molecule has 0 aromatic heterocycles. The Labute approximate surface area is 310 Å². The van der Waals surface area contributed by atoms with Gasteiger partial charge in [-0.25, -0.2) is 0 Å². The summed E-state index contributed by atoms with van der Waals surface area (Å²) in [6, 6.07) is 0. The van der Waals surface area contributed by atoms with E-state index in [-0.39, 0.29) is 31.1 Å². The van der Waals surface area contributed by atoms with Gasteiger partial charge in [0.1, 0.15) is 13.2 Å². The molecule has 0 aliphatic carbocycles. The quantitative estimate of drug-likeness (QED) is 0.0363. The zero-order valence-corrected chi connectivity index (χ0v) is 34.2. The van der Waals surface area contributed by atoms with Crippen LogP contribution in [0.15, 0.2) is 0 Å². The third kappa shape index (κ3) is 34.8. The van der Waals surface area contributed by atoms with Gasteiger partial charge >= 0.3 is 17.9 Å². The molecule has 0 aromatic rings. The van der Waals surface area contributed by atoms with Gasteiger partial charge in [-0.05, 0) is 37.0 Å². The molecule has 0 fully saturated rings. The first-order valence-electron chi connectivity index (χ1n) is 21.7. The Morgan fingerprint density at radius 1 is 0.400 bits per heavy atom. The maximum atomic E-state index is 12.7. The van der Waals surface area contributed by atoms with Crippen LogP contribution in [-0.4, -0.2) is 37.2 Å². The van der Waals surface area contributed by atoms with Crippen molar-refractivity contribution in [2.45, 2.75) is 234 Å². The molecule has 0 aliphatic rings. The van der Waals surface area contributed by atoms with Crippen molar-refractivity contribution in [3.63, 3.8) is 0 Å². The molecule has 0 N–H and O–H groups in total. The molecule has 0 spiro atoms. The average molecular weight is 709 g/mol. The number of unbranched alkanes of at least 4 members (excludes halogenated alkanes) is 18. The Balaban J connectivity index is 4.37. The topological polar surface area (TPSA) is 78.9 Å². The molecule has 6 nitrogen and oxygen atoms in total. The van der Waals surface area contributed by atoms with Crippen molar-refractivity contribution >= 4 is 17.9 Å². The number of esters is 3. The van der Waals surface area contributed by atoms with Crippen LogP contribution in [0.4, 0.5) is 0 Å². The number of hydrogen-bond acceptors (Lipinski definition) is 6. The summed E-state index contributed by atoms with van der Waals surface area (Å²) < 4.78 is 16.7. The van der Waals surface area contributed by atoms with Crippen molar-refractivity contribution in [1.29, 1.82) is 0 Å². The fourth-order valence-electron chi connectivity index (χ4n) is 6.28. The third-order valence-electron chi connectivity index (χ3n) is 10.4. The molecule has 0 amide bonds. The summed E-state index contributed by atoms with van der Waals surface area (Å²) in [6.07, 6.45) is 30.9. The lowest BCUT2D eigenvalue weighted by molar-refractivity contribution is -0.167. The van der Waals surface area contributed by atoms with E-state index in [0.717, 1.165) is 75.5 Å². The fourth-order valence-corrected chi connectivity index (χ4v) is 6.28. The second kappa shape index (κ2) is 35.8. The number of carbonyl (C=O) groups excluding carboxylic acids is 3. The van der Waals surface area contributed by atoms with Crippen LogP contribution in [0.1, 0.15) is 228 Å². The predicted octanol–water partition coefficient (Wildman–Crippen LogP) is 13.3. The minimum absolute atomic E-state index is 0.0680. The highest BCUT2D eigenvalue weighted by atomic mass is 16.6. The van der Waals surface area contributed by atoms with Gasteiger partial charge in [-0.3, -0.25) is 14.4 Å². The maximum absolute atomic E-state index is 12.7. The minimum Gasteiger partial charge on any atom is -0.462 e. The normalized spacial score (nSPS) is 13.3. The van der Waals surface area contributed by atoms with E-state index < -0.39 is 6.10 Å². The first-order chi connectivity index (χ1) is 24.2. The minimum atomic E-state index is -0.762. The van der Waals surface area contributed by atoms with Crippen LogP contribution in [0.2, 0.25) is 0 Å². The Kier molecular flexibility index (Phi) is 34.7. The van der Waals surface area contributed by atoms with Crippen molar-refractivity contribution in [3.8, 4) is 0 Å². The third-order valence-corrected chi connectivity index (χ3v) is 10.4. The summed E-state index contributed by atoms with van der Waals surface area (Å²) >= 11 is 0. The second-order valence-electron chi connectivity index (χ2n) is 15.9. The van der Waals surface area contributed by atoms with Gasteiger partial charge in [0, 0.05) is 19.3 Å². The molecule has 3 atom stereocenters. The lowest BCUT2D eigenvalue weighted by Crippen LogP contribution is -2.30. The van der Waals surface area contributed by atoms with Crippen molar-refractivity contribution in [1.82, 2.24) is 0 Å². The van der Waals surface area contributed by atoms with Crippen LogP contribution >= 0.6 is 0 Å². The first-order valence-corrected chi connectivity index (χ1v) is 21.7. The molecule has 6 heteroatoms. The van der Waals surface area contributed by atoms with Gasteiger partial charge in [0.05, 0.1) is 0 Å². The highest BCUT2D eigenvalue weighted by Gasteiger charge is 2.19. The predicted molar refractivity (Wildman–Crippen MR) is 210 cm³/mol. The van der Waals surface area contributed by atoms with Gasteiger partial charge in [-0.1, -0.05) is 189 Å². The van der Waals surface area contributed by atoms with Crippen LogP contribution in [-0.2, 0) is 28.6 Å². The van der Waals surface area contributed by atoms with Gasteiger partial charge in [0.15, 0.2) is 6.10 Å². The van der Waals surface area contributed by atoms with Gasteiger partial charge in [0.25, 0.3) is 0 Å². The number of hydrogen-bond donors (Lipinski definition) is 0. The number of rotatable bonds is 37. The summed E-state index contributed by atoms with van der Waals surface area (Å²) in [5, 5.41) is 0. The van der Waals surface area contributed by atoms with E-state index >= 15 is 0 Å². The Morgan fingerprint density at radius 3 is 1.04 bits per heavy atom. The zero-order chi connectivity index (χ0) is 37.1. The van der Waals surface area contributed by atoms with Crippen molar-refractivity contribution < 1.29 is 28.6 Å². The van der Waals surface area contributed by atoms with Gasteiger partial charge < -0.3 is 14.2 Å². The monoisotopic (exact) mass is 709 g/mol. The highest BCUT2D eigenvalue weighted by Crippen LogP contribution is 2.17. The van der Waals surface area contributed by atoms with E-state index in [1.54, 1.807) is 0 Å². The Hall–Kier alpha value is -1.59. The molecular formula is C44H84O6. The van der Waals surface area contributed by atoms with E-state index in [2.05, 4.69) is 41.5 Å². The Morgan fingerprint density at radius 2 is 0.700 bits per heavy atom. The van der Waals surface area contributed by atoms with Crippen LogP contribution in [0.25, 0.3) is 0 Å². The van der Waals surface area contributed by atoms with E-state index in [1.165, 1.54) is 109 Å². The lowest BCUT2D eigenvalue weighted by atomic mass is 10.00. The molecule has 296 valence electrons. The van der Waals surface area contributed by atoms with Gasteiger partial charge in [-0.15, -0.1) is 0 Å². The molecule has 0 aliphatic heterocycles. The molecule has 0 heterocycles. The highest BCUT2D eigenvalue weighted by molar-refractivity contribution is 5.71. The fraction of sp³-hybridized carbons (Fsp3) is 0.932. The number of carbonyl (C=O) groups is 3. The lowest BCUT2D eigenvalue weighted by Gasteiger charge is -2.18. The first kappa shape index (κ1) is 48.4. The van der Waals surface area contributed by atoms with Crippen LogP contribution in [0.3, 0.4) is 0 Å². The largest absolute Gasteiger partial charge is 0.462 e. The molecule has 50 heavy (non-hydrogen) atoms. The molecule has 2 unspecified atom stereocenters. The second-order valence-corrected chi connectivity index (χ2v) is 15.9. The molecule has 0 rings (SSSR count). The molecular weight excluding hydrogens is 624 g/mol. The Bertz CT molecular complexity index is 780. The van der Waals surface area contributed by atoms with Crippen molar-refractivity contribution in [3.05, 3.63) is 0 Å². The summed E-state index contributed by atoms with van der Waals surface area (Å²) in [5.41, 5.74) is 0. The van der Waals surface area contributed by atoms with Gasteiger partial charge in [0.2, 0.25) is 0 Å². The van der Waals surface area contributed by atoms with Gasteiger partial charge in [-0.2, -0.15) is 0 Å². The van der Waals surface area contributed by atoms with Crippen molar-refractivity contribution in [2.75, 3.05) is 13.2 Å². The maximum Gasteiger partial charge on any atom is 0.306 e. The summed E-state index contributed by atoms with van der Waals surface area (Å²) in [5.74, 6) is 1.56.